The molecule has 27 heavy (non-hydrogen) atoms. The summed E-state index contributed by atoms with van der Waals surface area (Å²) < 4.78 is 0. The Balaban J connectivity index is 1.31. The molecule has 3 aromatic rings. The van der Waals surface area contributed by atoms with Crippen LogP contribution < -0.4 is 5.32 Å². The van der Waals surface area contributed by atoms with Gasteiger partial charge in [-0.2, -0.15) is 0 Å². The van der Waals surface area contributed by atoms with Crippen molar-refractivity contribution in [1.29, 1.82) is 0 Å². The highest BCUT2D eigenvalue weighted by atomic mass is 16.2. The maximum Gasteiger partial charge on any atom is 0.225 e. The minimum atomic E-state index is -0.280. The first kappa shape index (κ1) is 17.3. The summed E-state index contributed by atoms with van der Waals surface area (Å²) in [5.41, 5.74) is 3.25. The molecule has 1 unspecified atom stereocenters. The largest absolute Gasteiger partial charge is 0.361 e. The van der Waals surface area contributed by atoms with Crippen LogP contribution in [0.15, 0.2) is 55.0 Å². The van der Waals surface area contributed by atoms with Crippen LogP contribution in [-0.4, -0.2) is 39.8 Å². The monoisotopic (exact) mass is 362 g/mol. The van der Waals surface area contributed by atoms with Crippen LogP contribution in [-0.2, 0) is 22.6 Å². The van der Waals surface area contributed by atoms with Gasteiger partial charge >= 0.3 is 0 Å². The van der Waals surface area contributed by atoms with Crippen LogP contribution in [0, 0.1) is 5.92 Å². The minimum absolute atomic E-state index is 0.0522. The van der Waals surface area contributed by atoms with Crippen LogP contribution in [0.5, 0.6) is 0 Å². The zero-order valence-electron chi connectivity index (χ0n) is 15.0. The van der Waals surface area contributed by atoms with Crippen molar-refractivity contribution in [3.05, 3.63) is 66.1 Å². The average molecular weight is 362 g/mol. The fourth-order valence-corrected chi connectivity index (χ4v) is 3.59. The Kier molecular flexibility index (Phi) is 4.87. The number of hydrogen-bond donors (Lipinski definition) is 2. The third-order valence-corrected chi connectivity index (χ3v) is 5.10. The van der Waals surface area contributed by atoms with Crippen molar-refractivity contribution in [3.63, 3.8) is 0 Å². The van der Waals surface area contributed by atoms with Crippen LogP contribution in [0.2, 0.25) is 0 Å². The van der Waals surface area contributed by atoms with Crippen LogP contribution in [0.4, 0.5) is 0 Å². The summed E-state index contributed by atoms with van der Waals surface area (Å²) in [5.74, 6) is -0.296. The second kappa shape index (κ2) is 7.61. The SMILES string of the molecule is O=C(NCc1cccnc1)C1CC(=O)N(CCc2c[nH]c3ccccc23)C1. The standard InChI is InChI=1S/C21H22N4O2/c26-20-10-17(21(27)24-12-15-4-3-8-22-11-15)14-25(20)9-7-16-13-23-19-6-2-1-5-18(16)19/h1-6,8,11,13,17,23H,7,9-10,12,14H2,(H,24,27). The summed E-state index contributed by atoms with van der Waals surface area (Å²) >= 11 is 0. The van der Waals surface area contributed by atoms with Crippen molar-refractivity contribution in [2.45, 2.75) is 19.4 Å². The smallest absolute Gasteiger partial charge is 0.225 e. The molecule has 1 aromatic carbocycles. The minimum Gasteiger partial charge on any atom is -0.361 e. The maximum absolute atomic E-state index is 12.4. The summed E-state index contributed by atoms with van der Waals surface area (Å²) in [6.07, 6.45) is 6.50. The third kappa shape index (κ3) is 3.84. The molecule has 2 N–H and O–H groups in total. The number of aromatic nitrogens is 2. The van der Waals surface area contributed by atoms with Crippen molar-refractivity contribution in [2.24, 2.45) is 5.92 Å². The second-order valence-electron chi connectivity index (χ2n) is 6.93. The maximum atomic E-state index is 12.4. The molecule has 0 bridgehead atoms. The van der Waals surface area contributed by atoms with E-state index in [0.717, 1.165) is 17.5 Å². The number of fused-ring (bicyclic) bond motifs is 1. The van der Waals surface area contributed by atoms with E-state index in [1.54, 1.807) is 17.3 Å². The van der Waals surface area contributed by atoms with Gasteiger partial charge in [-0.15, -0.1) is 0 Å². The van der Waals surface area contributed by atoms with E-state index in [9.17, 15) is 9.59 Å². The van der Waals surface area contributed by atoms with E-state index in [1.165, 1.54) is 10.9 Å². The number of amides is 2. The van der Waals surface area contributed by atoms with Gasteiger partial charge in [0, 0.05) is 55.5 Å². The van der Waals surface area contributed by atoms with Gasteiger partial charge in [0.05, 0.1) is 5.92 Å². The van der Waals surface area contributed by atoms with Gasteiger partial charge in [0.25, 0.3) is 0 Å². The van der Waals surface area contributed by atoms with Gasteiger partial charge in [-0.1, -0.05) is 24.3 Å². The fourth-order valence-electron chi connectivity index (χ4n) is 3.59. The molecule has 1 atom stereocenters. The molecule has 1 aliphatic rings. The molecular formula is C21H22N4O2. The lowest BCUT2D eigenvalue weighted by Crippen LogP contribution is -2.33. The summed E-state index contributed by atoms with van der Waals surface area (Å²) in [7, 11) is 0. The van der Waals surface area contributed by atoms with Crippen molar-refractivity contribution < 1.29 is 9.59 Å². The summed E-state index contributed by atoms with van der Waals surface area (Å²) in [4.78, 5) is 33.8. The molecule has 0 saturated carbocycles. The average Bonchev–Trinajstić information content (AvgIpc) is 3.29. The number of carbonyl (C=O) groups is 2. The Morgan fingerprint density at radius 1 is 1.26 bits per heavy atom. The number of rotatable bonds is 6. The lowest BCUT2D eigenvalue weighted by Gasteiger charge is -2.16. The van der Waals surface area contributed by atoms with E-state index < -0.39 is 0 Å². The van der Waals surface area contributed by atoms with Gasteiger partial charge in [-0.3, -0.25) is 14.6 Å². The molecule has 0 spiro atoms. The number of hydrogen-bond acceptors (Lipinski definition) is 3. The zero-order valence-corrected chi connectivity index (χ0v) is 15.0. The highest BCUT2D eigenvalue weighted by Crippen LogP contribution is 2.21. The Morgan fingerprint density at radius 3 is 3.00 bits per heavy atom. The number of likely N-dealkylation sites (tertiary alicyclic amines) is 1. The zero-order chi connectivity index (χ0) is 18.6. The number of carbonyl (C=O) groups excluding carboxylic acids is 2. The van der Waals surface area contributed by atoms with Crippen LogP contribution in [0.25, 0.3) is 10.9 Å². The van der Waals surface area contributed by atoms with Crippen molar-refractivity contribution >= 4 is 22.7 Å². The molecule has 2 aromatic heterocycles. The highest BCUT2D eigenvalue weighted by Gasteiger charge is 2.33. The molecule has 6 nitrogen and oxygen atoms in total. The van der Waals surface area contributed by atoms with Gasteiger partial charge in [0.15, 0.2) is 0 Å². The second-order valence-corrected chi connectivity index (χ2v) is 6.93. The Labute approximate surface area is 157 Å². The van der Waals surface area contributed by atoms with Crippen LogP contribution in [0.1, 0.15) is 17.5 Å². The number of benzene rings is 1. The van der Waals surface area contributed by atoms with Crippen molar-refractivity contribution in [2.75, 3.05) is 13.1 Å². The van der Waals surface area contributed by atoms with Gasteiger partial charge in [0.1, 0.15) is 0 Å². The van der Waals surface area contributed by atoms with Crippen LogP contribution >= 0.6 is 0 Å². The fraction of sp³-hybridized carbons (Fsp3) is 0.286. The predicted octanol–water partition coefficient (Wildman–Crippen LogP) is 2.27. The number of nitrogens with zero attached hydrogens (tertiary/aromatic N) is 2. The lowest BCUT2D eigenvalue weighted by molar-refractivity contribution is -0.129. The number of H-pyrrole nitrogens is 1. The van der Waals surface area contributed by atoms with E-state index in [1.807, 2.05) is 36.5 Å². The van der Waals surface area contributed by atoms with Gasteiger partial charge < -0.3 is 15.2 Å². The molecule has 6 heteroatoms. The molecule has 4 rings (SSSR count). The molecule has 138 valence electrons. The van der Waals surface area contributed by atoms with Crippen LogP contribution in [0.3, 0.4) is 0 Å². The van der Waals surface area contributed by atoms with E-state index in [-0.39, 0.29) is 24.2 Å². The number of nitrogens with one attached hydrogen (secondary N) is 2. The van der Waals surface area contributed by atoms with Crippen molar-refractivity contribution in [3.8, 4) is 0 Å². The number of pyridine rings is 1. The summed E-state index contributed by atoms with van der Waals surface area (Å²) in [6.45, 7) is 1.56. The Hall–Kier alpha value is -3.15. The molecule has 0 radical (unpaired) electrons. The topological polar surface area (TPSA) is 78.1 Å². The van der Waals surface area contributed by atoms with Gasteiger partial charge in [-0.05, 0) is 29.7 Å². The third-order valence-electron chi connectivity index (χ3n) is 5.10. The molecule has 0 aliphatic carbocycles. The molecule has 2 amide bonds. The Bertz CT molecular complexity index is 951. The highest BCUT2D eigenvalue weighted by molar-refractivity contribution is 5.89. The Morgan fingerprint density at radius 2 is 2.15 bits per heavy atom. The van der Waals surface area contributed by atoms with Gasteiger partial charge in [-0.25, -0.2) is 0 Å². The van der Waals surface area contributed by atoms with E-state index in [2.05, 4.69) is 21.4 Å². The first-order valence-corrected chi connectivity index (χ1v) is 9.20. The summed E-state index contributed by atoms with van der Waals surface area (Å²) in [5, 5.41) is 4.10. The molecular weight excluding hydrogens is 340 g/mol. The molecule has 3 heterocycles. The number of aromatic amines is 1. The van der Waals surface area contributed by atoms with Gasteiger partial charge in [0.2, 0.25) is 11.8 Å². The molecule has 1 aliphatic heterocycles. The predicted molar refractivity (Wildman–Crippen MR) is 103 cm³/mol. The normalized spacial score (nSPS) is 16.8. The first-order chi connectivity index (χ1) is 13.2. The first-order valence-electron chi connectivity index (χ1n) is 9.20. The molecule has 1 saturated heterocycles. The van der Waals surface area contributed by atoms with E-state index in [4.69, 9.17) is 0 Å². The lowest BCUT2D eigenvalue weighted by atomic mass is 10.1. The van der Waals surface area contributed by atoms with Crippen molar-refractivity contribution in [1.82, 2.24) is 20.2 Å². The molecule has 1 fully saturated rings. The summed E-state index contributed by atoms with van der Waals surface area (Å²) in [6, 6.07) is 11.9. The quantitative estimate of drug-likeness (QED) is 0.706. The van der Waals surface area contributed by atoms with E-state index in [0.29, 0.717) is 19.6 Å². The van der Waals surface area contributed by atoms with E-state index >= 15 is 0 Å². The number of para-hydroxylation sites is 1.